The zero-order chi connectivity index (χ0) is 13.0. The molecule has 0 saturated carbocycles. The summed E-state index contributed by atoms with van der Waals surface area (Å²) in [6.07, 6.45) is 1.77. The molecule has 0 atom stereocenters. The number of benzene rings is 1. The molecule has 0 saturated heterocycles. The smallest absolute Gasteiger partial charge is 0.223 e. The molecule has 0 spiro atoms. The summed E-state index contributed by atoms with van der Waals surface area (Å²) in [5, 5.41) is 3.11. The van der Waals surface area contributed by atoms with Crippen molar-refractivity contribution >= 4 is 5.95 Å². The van der Waals surface area contributed by atoms with Crippen LogP contribution in [0.15, 0.2) is 30.5 Å². The molecule has 0 aliphatic carbocycles. The molecule has 0 aliphatic rings. The molecule has 2 aromatic rings. The maximum Gasteiger partial charge on any atom is 0.223 e. The van der Waals surface area contributed by atoms with Crippen molar-refractivity contribution < 1.29 is 4.74 Å². The molecule has 94 valence electrons. The molecule has 1 aromatic carbocycles. The van der Waals surface area contributed by atoms with Gasteiger partial charge in [-0.05, 0) is 43.7 Å². The second-order valence-corrected chi connectivity index (χ2v) is 3.98. The Morgan fingerprint density at radius 1 is 1.28 bits per heavy atom. The molecular formula is C14H17N3O. The van der Waals surface area contributed by atoms with Gasteiger partial charge in [0.1, 0.15) is 5.75 Å². The lowest BCUT2D eigenvalue weighted by atomic mass is 10.1. The van der Waals surface area contributed by atoms with Crippen molar-refractivity contribution in [2.75, 3.05) is 19.0 Å². The van der Waals surface area contributed by atoms with Crippen molar-refractivity contribution in [3.63, 3.8) is 0 Å². The number of methoxy groups -OCH3 is 1. The number of hydrogen-bond donors (Lipinski definition) is 1. The maximum atomic E-state index is 5.20. The van der Waals surface area contributed by atoms with E-state index in [1.165, 1.54) is 0 Å². The number of ether oxygens (including phenoxy) is 1. The summed E-state index contributed by atoms with van der Waals surface area (Å²) in [6, 6.07) is 7.88. The minimum absolute atomic E-state index is 0.658. The first-order valence-electron chi connectivity index (χ1n) is 5.96. The zero-order valence-electron chi connectivity index (χ0n) is 10.9. The van der Waals surface area contributed by atoms with E-state index < -0.39 is 0 Å². The molecule has 1 N–H and O–H groups in total. The monoisotopic (exact) mass is 243 g/mol. The van der Waals surface area contributed by atoms with Crippen molar-refractivity contribution in [3.05, 3.63) is 36.0 Å². The molecule has 0 fully saturated rings. The van der Waals surface area contributed by atoms with E-state index in [9.17, 15) is 0 Å². The van der Waals surface area contributed by atoms with Crippen LogP contribution in [-0.2, 0) is 0 Å². The van der Waals surface area contributed by atoms with Crippen LogP contribution >= 0.6 is 0 Å². The highest BCUT2D eigenvalue weighted by atomic mass is 16.5. The fourth-order valence-electron chi connectivity index (χ4n) is 1.80. The van der Waals surface area contributed by atoms with E-state index in [-0.39, 0.29) is 0 Å². The van der Waals surface area contributed by atoms with E-state index in [0.717, 1.165) is 29.1 Å². The van der Waals surface area contributed by atoms with Gasteiger partial charge in [0, 0.05) is 18.3 Å². The number of rotatable bonds is 4. The molecule has 2 rings (SSSR count). The molecule has 1 heterocycles. The van der Waals surface area contributed by atoms with Crippen LogP contribution in [0.25, 0.3) is 11.3 Å². The van der Waals surface area contributed by atoms with Crippen LogP contribution in [0.5, 0.6) is 5.75 Å². The van der Waals surface area contributed by atoms with E-state index in [1.807, 2.05) is 38.1 Å². The Balaban J connectivity index is 2.38. The highest BCUT2D eigenvalue weighted by Gasteiger charge is 2.06. The molecule has 1 aromatic heterocycles. The van der Waals surface area contributed by atoms with Gasteiger partial charge in [-0.3, -0.25) is 0 Å². The number of aromatic nitrogens is 2. The summed E-state index contributed by atoms with van der Waals surface area (Å²) in [5.74, 6) is 1.52. The minimum Gasteiger partial charge on any atom is -0.497 e. The first kappa shape index (κ1) is 12.4. The molecular weight excluding hydrogens is 226 g/mol. The number of nitrogens with zero attached hydrogens (tertiary/aromatic N) is 2. The highest BCUT2D eigenvalue weighted by molar-refractivity contribution is 5.65. The summed E-state index contributed by atoms with van der Waals surface area (Å²) in [4.78, 5) is 8.66. The fraction of sp³-hybridized carbons (Fsp3) is 0.286. The van der Waals surface area contributed by atoms with Gasteiger partial charge in [-0.15, -0.1) is 0 Å². The summed E-state index contributed by atoms with van der Waals surface area (Å²) < 4.78 is 5.20. The lowest BCUT2D eigenvalue weighted by Crippen LogP contribution is -2.02. The molecule has 0 aliphatic heterocycles. The minimum atomic E-state index is 0.658. The largest absolute Gasteiger partial charge is 0.497 e. The molecule has 4 heteroatoms. The third kappa shape index (κ3) is 2.59. The molecule has 0 radical (unpaired) electrons. The number of nitrogens with one attached hydrogen (secondary N) is 1. The van der Waals surface area contributed by atoms with Gasteiger partial charge >= 0.3 is 0 Å². The van der Waals surface area contributed by atoms with Crippen molar-refractivity contribution in [1.29, 1.82) is 0 Å². The van der Waals surface area contributed by atoms with Gasteiger partial charge in [0.25, 0.3) is 0 Å². The number of aryl methyl sites for hydroxylation is 1. The summed E-state index contributed by atoms with van der Waals surface area (Å²) in [6.45, 7) is 4.88. The van der Waals surface area contributed by atoms with Crippen LogP contribution in [0, 0.1) is 6.92 Å². The molecule has 0 amide bonds. The van der Waals surface area contributed by atoms with Crippen LogP contribution in [-0.4, -0.2) is 23.6 Å². The van der Waals surface area contributed by atoms with Crippen LogP contribution in [0.4, 0.5) is 5.95 Å². The Bertz CT molecular complexity index is 540. The van der Waals surface area contributed by atoms with Gasteiger partial charge in [0.2, 0.25) is 5.95 Å². The topological polar surface area (TPSA) is 47.0 Å². The lowest BCUT2D eigenvalue weighted by Gasteiger charge is -2.08. The van der Waals surface area contributed by atoms with E-state index in [2.05, 4.69) is 15.3 Å². The number of anilines is 1. The van der Waals surface area contributed by atoms with Gasteiger partial charge in [-0.1, -0.05) is 0 Å². The Labute approximate surface area is 107 Å². The van der Waals surface area contributed by atoms with E-state index in [4.69, 9.17) is 4.74 Å². The van der Waals surface area contributed by atoms with Gasteiger partial charge < -0.3 is 10.1 Å². The average molecular weight is 243 g/mol. The van der Waals surface area contributed by atoms with Crippen LogP contribution < -0.4 is 10.1 Å². The predicted octanol–water partition coefficient (Wildman–Crippen LogP) is 2.89. The Hall–Kier alpha value is -2.10. The van der Waals surface area contributed by atoms with Crippen molar-refractivity contribution in [3.8, 4) is 17.0 Å². The lowest BCUT2D eigenvalue weighted by molar-refractivity contribution is 0.414. The molecule has 0 bridgehead atoms. The molecule has 18 heavy (non-hydrogen) atoms. The molecule has 0 unspecified atom stereocenters. The standard InChI is InChI=1S/C14H17N3O/c1-4-15-14-16-8-7-13(17-14)12-6-5-11(18-3)9-10(12)2/h5-9H,4H2,1-3H3,(H,15,16,17). The van der Waals surface area contributed by atoms with Crippen LogP contribution in [0.3, 0.4) is 0 Å². The van der Waals surface area contributed by atoms with Crippen LogP contribution in [0.2, 0.25) is 0 Å². The SMILES string of the molecule is CCNc1nccc(-c2ccc(OC)cc2C)n1. The van der Waals surface area contributed by atoms with Gasteiger partial charge in [0.15, 0.2) is 0 Å². The first-order chi connectivity index (χ1) is 8.74. The first-order valence-corrected chi connectivity index (χ1v) is 5.96. The second kappa shape index (κ2) is 5.49. The van der Waals surface area contributed by atoms with Crippen LogP contribution in [0.1, 0.15) is 12.5 Å². The Morgan fingerprint density at radius 3 is 2.78 bits per heavy atom. The third-order valence-corrected chi connectivity index (χ3v) is 2.70. The second-order valence-electron chi connectivity index (χ2n) is 3.98. The summed E-state index contributed by atoms with van der Waals surface area (Å²) in [7, 11) is 1.67. The van der Waals surface area contributed by atoms with E-state index in [1.54, 1.807) is 13.3 Å². The summed E-state index contributed by atoms with van der Waals surface area (Å²) in [5.41, 5.74) is 3.15. The van der Waals surface area contributed by atoms with Gasteiger partial charge in [-0.2, -0.15) is 0 Å². The maximum absolute atomic E-state index is 5.20. The van der Waals surface area contributed by atoms with Gasteiger partial charge in [-0.25, -0.2) is 9.97 Å². The van der Waals surface area contributed by atoms with E-state index >= 15 is 0 Å². The Kier molecular flexibility index (Phi) is 3.77. The van der Waals surface area contributed by atoms with Gasteiger partial charge in [0.05, 0.1) is 12.8 Å². The third-order valence-electron chi connectivity index (χ3n) is 2.70. The average Bonchev–Trinajstić information content (AvgIpc) is 2.39. The fourth-order valence-corrected chi connectivity index (χ4v) is 1.80. The van der Waals surface area contributed by atoms with Crippen molar-refractivity contribution in [2.45, 2.75) is 13.8 Å². The molecule has 4 nitrogen and oxygen atoms in total. The van der Waals surface area contributed by atoms with Crippen molar-refractivity contribution in [1.82, 2.24) is 9.97 Å². The highest BCUT2D eigenvalue weighted by Crippen LogP contribution is 2.25. The number of hydrogen-bond acceptors (Lipinski definition) is 4. The van der Waals surface area contributed by atoms with Crippen molar-refractivity contribution in [2.24, 2.45) is 0 Å². The van der Waals surface area contributed by atoms with E-state index in [0.29, 0.717) is 5.95 Å². The predicted molar refractivity (Wildman–Crippen MR) is 72.9 cm³/mol. The normalized spacial score (nSPS) is 10.2. The zero-order valence-corrected chi connectivity index (χ0v) is 10.9. The Morgan fingerprint density at radius 2 is 2.11 bits per heavy atom. The summed E-state index contributed by atoms with van der Waals surface area (Å²) >= 11 is 0. The quantitative estimate of drug-likeness (QED) is 0.897.